The molecule has 0 aliphatic heterocycles. The van der Waals surface area contributed by atoms with Crippen molar-refractivity contribution in [3.8, 4) is 22.8 Å². The minimum absolute atomic E-state index is 0.0603. The Morgan fingerprint density at radius 3 is 2.67 bits per heavy atom. The highest BCUT2D eigenvalue weighted by Crippen LogP contribution is 2.40. The molecule has 3 aromatic heterocycles. The Kier molecular flexibility index (Phi) is 7.99. The van der Waals surface area contributed by atoms with Crippen LogP contribution in [-0.2, 0) is 18.0 Å². The number of aromatic nitrogens is 6. The zero-order valence-corrected chi connectivity index (χ0v) is 26.5. The molecule has 226 valence electrons. The van der Waals surface area contributed by atoms with Gasteiger partial charge in [-0.15, -0.1) is 0 Å². The van der Waals surface area contributed by atoms with Crippen LogP contribution >= 0.6 is 11.6 Å². The molecule has 8 nitrogen and oxygen atoms in total. The van der Waals surface area contributed by atoms with Gasteiger partial charge in [0.1, 0.15) is 34.6 Å². The van der Waals surface area contributed by atoms with Crippen molar-refractivity contribution >= 4 is 41.7 Å². The van der Waals surface area contributed by atoms with Crippen molar-refractivity contribution in [2.24, 2.45) is 5.92 Å². The number of imidazole rings is 1. The van der Waals surface area contributed by atoms with Gasteiger partial charge in [-0.25, -0.2) is 18.7 Å². The molecule has 1 atom stereocenters. The van der Waals surface area contributed by atoms with Crippen LogP contribution in [0, 0.1) is 12.8 Å². The third-order valence-corrected chi connectivity index (χ3v) is 9.92. The highest BCUT2D eigenvalue weighted by atomic mass is 35.5. The fourth-order valence-electron chi connectivity index (χ4n) is 5.41. The second kappa shape index (κ2) is 11.6. The first kappa shape index (κ1) is 29.6. The van der Waals surface area contributed by atoms with Gasteiger partial charge in [-0.05, 0) is 49.6 Å². The third kappa shape index (κ3) is 6.73. The number of aryl methyl sites for hydroxylation is 1. The molecule has 43 heavy (non-hydrogen) atoms. The highest BCUT2D eigenvalue weighted by Gasteiger charge is 2.39. The first-order valence-electron chi connectivity index (χ1n) is 14.5. The molecule has 1 aliphatic carbocycles. The molecule has 1 fully saturated rings. The van der Waals surface area contributed by atoms with Crippen molar-refractivity contribution in [2.75, 3.05) is 6.61 Å². The largest absolute Gasteiger partial charge is 0.456 e. The molecule has 2 aromatic carbocycles. The van der Waals surface area contributed by atoms with Gasteiger partial charge in [0.15, 0.2) is 0 Å². The smallest absolute Gasteiger partial charge is 0.248 e. The quantitative estimate of drug-likeness (QED) is 0.115. The molecular weight excluding hydrogens is 590 g/mol. The van der Waals surface area contributed by atoms with Crippen LogP contribution in [0.4, 0.5) is 8.78 Å². The number of hydrogen-bond donors (Lipinski definition) is 0. The molecule has 3 heterocycles. The number of alkyl halides is 2. The molecule has 0 amide bonds. The normalized spacial score (nSPS) is 16.9. The van der Waals surface area contributed by atoms with Crippen LogP contribution in [0.2, 0.25) is 30.7 Å². The lowest BCUT2D eigenvalue weighted by Gasteiger charge is -2.16. The van der Waals surface area contributed by atoms with E-state index in [1.807, 2.05) is 42.0 Å². The summed E-state index contributed by atoms with van der Waals surface area (Å²) in [6, 6.07) is 10.4. The molecule has 0 N–H and O–H groups in total. The SMILES string of the molecule is Cc1nc2ccc(Oc3ccc4ncc(-c5cnn(CC6CCC(F)(F)C6)c5)nc4c3Cl)cc2n1COCC[Si](C)(C)C. The zero-order valence-electron chi connectivity index (χ0n) is 24.8. The van der Waals surface area contributed by atoms with Crippen molar-refractivity contribution < 1.29 is 18.3 Å². The first-order chi connectivity index (χ1) is 20.4. The minimum Gasteiger partial charge on any atom is -0.456 e. The van der Waals surface area contributed by atoms with Crippen LogP contribution in [0.15, 0.2) is 48.9 Å². The lowest BCUT2D eigenvalue weighted by Crippen LogP contribution is -2.22. The van der Waals surface area contributed by atoms with E-state index in [-0.39, 0.29) is 18.8 Å². The molecule has 5 aromatic rings. The van der Waals surface area contributed by atoms with Gasteiger partial charge in [-0.2, -0.15) is 5.10 Å². The van der Waals surface area contributed by atoms with Gasteiger partial charge in [0.25, 0.3) is 0 Å². The third-order valence-electron chi connectivity index (χ3n) is 7.85. The van der Waals surface area contributed by atoms with Crippen molar-refractivity contribution in [3.05, 3.63) is 59.8 Å². The number of ether oxygens (including phenoxy) is 2. The summed E-state index contributed by atoms with van der Waals surface area (Å²) in [5.74, 6) is -0.735. The summed E-state index contributed by atoms with van der Waals surface area (Å²) < 4.78 is 43.2. The zero-order chi connectivity index (χ0) is 30.4. The lowest BCUT2D eigenvalue weighted by atomic mass is 10.1. The van der Waals surface area contributed by atoms with Gasteiger partial charge >= 0.3 is 0 Å². The van der Waals surface area contributed by atoms with Crippen LogP contribution in [-0.4, -0.2) is 49.9 Å². The van der Waals surface area contributed by atoms with E-state index in [2.05, 4.69) is 34.7 Å². The maximum atomic E-state index is 13.6. The average Bonchev–Trinajstić information content (AvgIpc) is 3.64. The van der Waals surface area contributed by atoms with E-state index in [1.54, 1.807) is 23.1 Å². The Balaban J connectivity index is 1.21. The summed E-state index contributed by atoms with van der Waals surface area (Å²) in [6.45, 7) is 10.6. The van der Waals surface area contributed by atoms with Crippen molar-refractivity contribution in [3.63, 3.8) is 0 Å². The number of rotatable bonds is 10. The maximum Gasteiger partial charge on any atom is 0.248 e. The average molecular weight is 625 g/mol. The van der Waals surface area contributed by atoms with Gasteiger partial charge in [-0.1, -0.05) is 31.2 Å². The predicted molar refractivity (Wildman–Crippen MR) is 167 cm³/mol. The van der Waals surface area contributed by atoms with Gasteiger partial charge in [0.05, 0.1) is 34.6 Å². The number of hydrogen-bond acceptors (Lipinski definition) is 6. The fraction of sp³-hybridized carbons (Fsp3) is 0.419. The molecule has 0 radical (unpaired) electrons. The summed E-state index contributed by atoms with van der Waals surface area (Å²) in [6.07, 6.45) is 5.49. The van der Waals surface area contributed by atoms with E-state index in [1.165, 1.54) is 0 Å². The molecule has 6 rings (SSSR count). The van der Waals surface area contributed by atoms with Crippen molar-refractivity contribution in [1.29, 1.82) is 0 Å². The van der Waals surface area contributed by atoms with E-state index < -0.39 is 14.0 Å². The van der Waals surface area contributed by atoms with Crippen molar-refractivity contribution in [2.45, 2.75) is 71.1 Å². The van der Waals surface area contributed by atoms with Crippen LogP contribution in [0.5, 0.6) is 11.5 Å². The Morgan fingerprint density at radius 2 is 1.91 bits per heavy atom. The van der Waals surface area contributed by atoms with E-state index in [0.29, 0.717) is 52.9 Å². The van der Waals surface area contributed by atoms with E-state index in [0.717, 1.165) is 35.1 Å². The molecule has 0 saturated heterocycles. The van der Waals surface area contributed by atoms with Gasteiger partial charge in [0.2, 0.25) is 5.92 Å². The molecule has 0 spiro atoms. The Hall–Kier alpha value is -3.41. The second-order valence-electron chi connectivity index (χ2n) is 12.6. The predicted octanol–water partition coefficient (Wildman–Crippen LogP) is 8.34. The fourth-order valence-corrected chi connectivity index (χ4v) is 6.41. The Bertz CT molecular complexity index is 1780. The highest BCUT2D eigenvalue weighted by molar-refractivity contribution is 6.76. The van der Waals surface area contributed by atoms with Crippen LogP contribution < -0.4 is 4.74 Å². The molecule has 0 bridgehead atoms. The minimum atomic E-state index is -2.58. The molecule has 1 saturated carbocycles. The molecule has 1 aliphatic rings. The Labute approximate surface area is 255 Å². The molecule has 12 heteroatoms. The van der Waals surface area contributed by atoms with Gasteiger partial charge < -0.3 is 14.0 Å². The van der Waals surface area contributed by atoms with E-state index in [9.17, 15) is 8.78 Å². The second-order valence-corrected chi connectivity index (χ2v) is 18.6. The van der Waals surface area contributed by atoms with Crippen LogP contribution in [0.3, 0.4) is 0 Å². The standard InChI is InChI=1S/C31H35ClF2N6O2Si/c1-20-37-24-6-5-23(13-27(24)40(20)19-41-11-12-43(2,3)4)42-28-8-7-25-30(29(28)32)38-26(16-35-25)22-15-36-39(18-22)17-21-9-10-31(33,34)14-21/h5-8,13,15-16,18,21H,9-12,14,17,19H2,1-4H3. The first-order valence-corrected chi connectivity index (χ1v) is 18.6. The summed E-state index contributed by atoms with van der Waals surface area (Å²) in [5.41, 5.74) is 4.23. The lowest BCUT2D eigenvalue weighted by molar-refractivity contribution is 0.00422. The van der Waals surface area contributed by atoms with E-state index >= 15 is 0 Å². The number of nitrogens with zero attached hydrogens (tertiary/aromatic N) is 6. The summed E-state index contributed by atoms with van der Waals surface area (Å²) in [4.78, 5) is 14.0. The molecular formula is C31H35ClF2N6O2Si. The summed E-state index contributed by atoms with van der Waals surface area (Å²) in [5, 5.41) is 4.72. The number of benzene rings is 2. The monoisotopic (exact) mass is 624 g/mol. The van der Waals surface area contributed by atoms with Gasteiger partial charge in [0, 0.05) is 51.9 Å². The van der Waals surface area contributed by atoms with Gasteiger partial charge in [-0.3, -0.25) is 9.67 Å². The van der Waals surface area contributed by atoms with Crippen molar-refractivity contribution in [1.82, 2.24) is 29.3 Å². The molecule has 1 unspecified atom stereocenters. The summed E-state index contributed by atoms with van der Waals surface area (Å²) >= 11 is 6.82. The number of fused-ring (bicyclic) bond motifs is 2. The van der Waals surface area contributed by atoms with E-state index in [4.69, 9.17) is 26.1 Å². The summed E-state index contributed by atoms with van der Waals surface area (Å²) in [7, 11) is -1.18. The topological polar surface area (TPSA) is 79.9 Å². The van der Waals surface area contributed by atoms with Crippen LogP contribution in [0.1, 0.15) is 25.1 Å². The maximum absolute atomic E-state index is 13.6. The number of halogens is 3. The van der Waals surface area contributed by atoms with Crippen LogP contribution in [0.25, 0.3) is 33.3 Å². The Morgan fingerprint density at radius 1 is 1.09 bits per heavy atom.